The van der Waals surface area contributed by atoms with Crippen molar-refractivity contribution in [2.24, 2.45) is 5.92 Å². The highest BCUT2D eigenvalue weighted by Crippen LogP contribution is 2.45. The van der Waals surface area contributed by atoms with Gasteiger partial charge in [0, 0.05) is 12.1 Å². The average Bonchev–Trinajstić information content (AvgIpc) is 3.13. The molecule has 0 unspecified atom stereocenters. The molecule has 1 amide bonds. The van der Waals surface area contributed by atoms with Crippen molar-refractivity contribution in [2.45, 2.75) is 89.2 Å². The Bertz CT molecular complexity index is 360. The normalized spacial score (nSPS) is 27.6. The highest BCUT2D eigenvalue weighted by molar-refractivity contribution is 5.70. The molecule has 3 rings (SSSR count). The van der Waals surface area contributed by atoms with Crippen molar-refractivity contribution in [2.75, 3.05) is 6.54 Å². The van der Waals surface area contributed by atoms with Crippen LogP contribution in [0.3, 0.4) is 0 Å². The van der Waals surface area contributed by atoms with Gasteiger partial charge in [0.05, 0.1) is 0 Å². The lowest BCUT2D eigenvalue weighted by atomic mass is 9.88. The van der Waals surface area contributed by atoms with E-state index in [1.54, 1.807) is 0 Å². The van der Waals surface area contributed by atoms with Gasteiger partial charge >= 0.3 is 6.09 Å². The Morgan fingerprint density at radius 2 is 1.50 bits per heavy atom. The summed E-state index contributed by atoms with van der Waals surface area (Å²) in [6.07, 6.45) is 11.8. The highest BCUT2D eigenvalue weighted by atomic mass is 16.6. The molecule has 1 heterocycles. The summed E-state index contributed by atoms with van der Waals surface area (Å²) in [4.78, 5) is 14.9. The van der Waals surface area contributed by atoms with Crippen LogP contribution in [0.4, 0.5) is 4.79 Å². The van der Waals surface area contributed by atoms with Crippen molar-refractivity contribution in [3.63, 3.8) is 0 Å². The topological polar surface area (TPSA) is 29.5 Å². The van der Waals surface area contributed by atoms with Crippen molar-refractivity contribution < 1.29 is 9.53 Å². The minimum Gasteiger partial charge on any atom is -0.443 e. The fraction of sp³-hybridized carbons (Fsp3) is 0.941. The molecule has 0 aromatic heterocycles. The number of carbonyl (C=O) groups excluding carboxylic acids is 1. The summed E-state index contributed by atoms with van der Waals surface area (Å²) >= 11 is 0. The zero-order chi connectivity index (χ0) is 14.2. The van der Waals surface area contributed by atoms with Crippen LogP contribution in [0.15, 0.2) is 0 Å². The van der Waals surface area contributed by atoms with E-state index in [0.29, 0.717) is 5.92 Å². The minimum absolute atomic E-state index is 0.0139. The van der Waals surface area contributed by atoms with Gasteiger partial charge in [-0.25, -0.2) is 4.79 Å². The molecule has 0 atom stereocenters. The molecule has 2 aliphatic carbocycles. The lowest BCUT2D eigenvalue weighted by Gasteiger charge is -2.39. The van der Waals surface area contributed by atoms with Crippen molar-refractivity contribution in [1.29, 1.82) is 0 Å². The fourth-order valence-electron chi connectivity index (χ4n) is 4.78. The number of rotatable bonds is 2. The molecular formula is C17H29NO2. The maximum Gasteiger partial charge on any atom is 0.410 e. The summed E-state index contributed by atoms with van der Waals surface area (Å²) < 4.78 is 6.12. The molecule has 1 spiro atoms. The van der Waals surface area contributed by atoms with Gasteiger partial charge in [-0.2, -0.15) is 0 Å². The highest BCUT2D eigenvalue weighted by Gasteiger charge is 2.49. The largest absolute Gasteiger partial charge is 0.443 e. The zero-order valence-corrected chi connectivity index (χ0v) is 13.1. The van der Waals surface area contributed by atoms with E-state index in [4.69, 9.17) is 4.74 Å². The molecule has 2 saturated carbocycles. The third kappa shape index (κ3) is 2.23. The molecule has 0 N–H and O–H groups in total. The lowest BCUT2D eigenvalue weighted by Crippen LogP contribution is -2.49. The van der Waals surface area contributed by atoms with Crippen molar-refractivity contribution >= 4 is 6.09 Å². The third-order valence-corrected chi connectivity index (χ3v) is 6.14. The first-order valence-corrected chi connectivity index (χ1v) is 8.59. The van der Waals surface area contributed by atoms with Crippen LogP contribution < -0.4 is 0 Å². The van der Waals surface area contributed by atoms with Crippen LogP contribution in [-0.2, 0) is 4.74 Å². The summed E-state index contributed by atoms with van der Waals surface area (Å²) in [5, 5.41) is 0. The first kappa shape index (κ1) is 14.2. The first-order valence-electron chi connectivity index (χ1n) is 8.59. The second-order valence-corrected chi connectivity index (χ2v) is 7.48. The standard InChI is InChI=1S/C17H29NO2/c1-14(2)17(11-5-6-12-17)20-15(19)18-13-7-10-16(18)8-3-4-9-16/h14H,3-13H2,1-2H3. The fourth-order valence-corrected chi connectivity index (χ4v) is 4.78. The SMILES string of the molecule is CC(C)C1(OC(=O)N2CCCC23CCCC3)CCCC1. The maximum atomic E-state index is 12.8. The van der Waals surface area contributed by atoms with Crippen LogP contribution in [0, 0.1) is 5.92 Å². The van der Waals surface area contributed by atoms with Crippen LogP contribution >= 0.6 is 0 Å². The van der Waals surface area contributed by atoms with Gasteiger partial charge in [-0.3, -0.25) is 0 Å². The Morgan fingerprint density at radius 1 is 0.950 bits per heavy atom. The Labute approximate surface area is 123 Å². The second kappa shape index (κ2) is 5.23. The van der Waals surface area contributed by atoms with Gasteiger partial charge in [-0.05, 0) is 57.3 Å². The van der Waals surface area contributed by atoms with Gasteiger partial charge in [0.1, 0.15) is 5.60 Å². The van der Waals surface area contributed by atoms with Crippen molar-refractivity contribution in [3.8, 4) is 0 Å². The second-order valence-electron chi connectivity index (χ2n) is 7.48. The van der Waals surface area contributed by atoms with Gasteiger partial charge in [-0.1, -0.05) is 26.7 Å². The van der Waals surface area contributed by atoms with Crippen LogP contribution in [0.25, 0.3) is 0 Å². The number of carbonyl (C=O) groups is 1. The van der Waals surface area contributed by atoms with E-state index in [-0.39, 0.29) is 17.2 Å². The number of hydrogen-bond acceptors (Lipinski definition) is 2. The van der Waals surface area contributed by atoms with Crippen LogP contribution in [0.2, 0.25) is 0 Å². The molecule has 3 heteroatoms. The molecule has 0 radical (unpaired) electrons. The monoisotopic (exact) mass is 279 g/mol. The van der Waals surface area contributed by atoms with E-state index in [0.717, 1.165) is 25.8 Å². The first-order chi connectivity index (χ1) is 9.58. The van der Waals surface area contributed by atoms with Crippen molar-refractivity contribution in [1.82, 2.24) is 4.90 Å². The van der Waals surface area contributed by atoms with E-state index >= 15 is 0 Å². The molecule has 1 aliphatic heterocycles. The molecule has 0 aromatic carbocycles. The Morgan fingerprint density at radius 3 is 2.10 bits per heavy atom. The minimum atomic E-state index is -0.181. The van der Waals surface area contributed by atoms with E-state index in [9.17, 15) is 4.79 Å². The molecule has 3 nitrogen and oxygen atoms in total. The maximum absolute atomic E-state index is 12.8. The van der Waals surface area contributed by atoms with Gasteiger partial charge in [-0.15, -0.1) is 0 Å². The number of likely N-dealkylation sites (tertiary alicyclic amines) is 1. The predicted octanol–water partition coefficient (Wildman–Crippen LogP) is 4.50. The Balaban J connectivity index is 1.72. The summed E-state index contributed by atoms with van der Waals surface area (Å²) in [5.41, 5.74) is -0.0205. The molecule has 1 saturated heterocycles. The van der Waals surface area contributed by atoms with Crippen LogP contribution in [-0.4, -0.2) is 28.7 Å². The van der Waals surface area contributed by atoms with E-state index in [2.05, 4.69) is 18.7 Å². The third-order valence-electron chi connectivity index (χ3n) is 6.14. The lowest BCUT2D eigenvalue weighted by molar-refractivity contribution is -0.0447. The predicted molar refractivity (Wildman–Crippen MR) is 79.7 cm³/mol. The average molecular weight is 279 g/mol. The summed E-state index contributed by atoms with van der Waals surface area (Å²) in [6.45, 7) is 5.31. The van der Waals surface area contributed by atoms with Gasteiger partial charge in [0.2, 0.25) is 0 Å². The number of hydrogen-bond donors (Lipinski definition) is 0. The van der Waals surface area contributed by atoms with E-state index in [1.165, 1.54) is 44.9 Å². The van der Waals surface area contributed by atoms with Crippen molar-refractivity contribution in [3.05, 3.63) is 0 Å². The smallest absolute Gasteiger partial charge is 0.410 e. The number of nitrogens with zero attached hydrogens (tertiary/aromatic N) is 1. The Kier molecular flexibility index (Phi) is 3.72. The number of amides is 1. The molecule has 0 aromatic rings. The Hall–Kier alpha value is -0.730. The van der Waals surface area contributed by atoms with Crippen LogP contribution in [0.1, 0.15) is 78.1 Å². The van der Waals surface area contributed by atoms with E-state index < -0.39 is 0 Å². The molecule has 3 fully saturated rings. The quantitative estimate of drug-likeness (QED) is 0.744. The van der Waals surface area contributed by atoms with Gasteiger partial charge in [0.15, 0.2) is 0 Å². The van der Waals surface area contributed by atoms with Gasteiger partial charge < -0.3 is 9.64 Å². The molecule has 3 aliphatic rings. The molecule has 0 bridgehead atoms. The van der Waals surface area contributed by atoms with Crippen LogP contribution in [0.5, 0.6) is 0 Å². The summed E-state index contributed by atoms with van der Waals surface area (Å²) in [7, 11) is 0. The van der Waals surface area contributed by atoms with E-state index in [1.807, 2.05) is 0 Å². The zero-order valence-electron chi connectivity index (χ0n) is 13.1. The molecule has 114 valence electrons. The summed E-state index contributed by atoms with van der Waals surface area (Å²) in [5.74, 6) is 0.427. The van der Waals surface area contributed by atoms with Gasteiger partial charge in [0.25, 0.3) is 0 Å². The summed E-state index contributed by atoms with van der Waals surface area (Å²) in [6, 6.07) is 0. The molecule has 20 heavy (non-hydrogen) atoms. The number of ether oxygens (including phenoxy) is 1. The molecular weight excluding hydrogens is 250 g/mol.